The lowest BCUT2D eigenvalue weighted by Gasteiger charge is -2.34. The molecule has 3 aliphatic rings. The van der Waals surface area contributed by atoms with Crippen LogP contribution in [0.15, 0.2) is 84.9 Å². The molecule has 0 radical (unpaired) electrons. The molecule has 3 aliphatic heterocycles. The molecule has 60 heavy (non-hydrogen) atoms. The first kappa shape index (κ1) is 42.4. The fourth-order valence-corrected chi connectivity index (χ4v) is 9.62. The number of carbonyl (C=O) groups excluding carboxylic acids is 1. The minimum Gasteiger partial charge on any atom is -0.369 e. The van der Waals surface area contributed by atoms with Gasteiger partial charge in [-0.2, -0.15) is 19.0 Å². The number of anilines is 4. The number of amides is 1. The molecule has 5 aromatic rings. The summed E-state index contributed by atoms with van der Waals surface area (Å²) < 4.78 is 25.6. The van der Waals surface area contributed by atoms with Crippen molar-refractivity contribution in [3.63, 3.8) is 0 Å². The van der Waals surface area contributed by atoms with E-state index < -0.39 is 20.7 Å². The topological polar surface area (TPSA) is 129 Å². The van der Waals surface area contributed by atoms with Crippen LogP contribution in [0.5, 0.6) is 0 Å². The molecule has 1 amide bonds. The van der Waals surface area contributed by atoms with Crippen LogP contribution in [-0.2, 0) is 31.0 Å². The molecule has 0 atom stereocenters. The summed E-state index contributed by atoms with van der Waals surface area (Å²) in [4.78, 5) is 40.6. The van der Waals surface area contributed by atoms with Crippen molar-refractivity contribution in [1.82, 2.24) is 24.0 Å². The number of piperazine rings is 1. The van der Waals surface area contributed by atoms with E-state index in [0.29, 0.717) is 43.1 Å². The number of nitrogens with zero attached hydrogens (tertiary/aromatic N) is 6. The van der Waals surface area contributed by atoms with Crippen molar-refractivity contribution in [3.05, 3.63) is 122 Å². The predicted molar refractivity (Wildman–Crippen MR) is 240 cm³/mol. The monoisotopic (exact) mass is 909 g/mol. The van der Waals surface area contributed by atoms with Crippen molar-refractivity contribution in [2.45, 2.75) is 13.0 Å². The Balaban J connectivity index is 1.29. The molecule has 1 aromatic heterocycles. The SMILES string of the molecule is CO[N+]1(OC)C(=O)C(c2c(Cl)cccc2Cl)=C(Nc2ccc(CN3CCC3)cc2)c2c(-c3c(Cl)cccc3Cl)nc(Nc3ccc(N4CCN(S(C)(=O)=O)CC4)cc3)nc21. The molecule has 4 aromatic carbocycles. The van der Waals surface area contributed by atoms with Crippen LogP contribution in [0.4, 0.5) is 28.8 Å². The largest absolute Gasteiger partial charge is 0.421 e. The summed E-state index contributed by atoms with van der Waals surface area (Å²) in [7, 11) is -0.601. The van der Waals surface area contributed by atoms with Crippen LogP contribution in [0.25, 0.3) is 22.5 Å². The Labute approximate surface area is 368 Å². The zero-order valence-electron chi connectivity index (χ0n) is 32.9. The number of hydrogen-bond acceptors (Lipinski definition) is 11. The molecule has 2 fully saturated rings. The van der Waals surface area contributed by atoms with Gasteiger partial charge in [-0.15, -0.1) is 0 Å². The molecule has 0 unspecified atom stereocenters. The second kappa shape index (κ2) is 17.2. The molecular weight excluding hydrogens is 870 g/mol. The Kier molecular flexibility index (Phi) is 12.2. The minimum atomic E-state index is -3.26. The first-order chi connectivity index (χ1) is 28.8. The summed E-state index contributed by atoms with van der Waals surface area (Å²) in [5.74, 6) is -0.592. The summed E-state index contributed by atoms with van der Waals surface area (Å²) in [5, 5.41) is 7.79. The summed E-state index contributed by atoms with van der Waals surface area (Å²) >= 11 is 27.7. The second-order valence-corrected chi connectivity index (χ2v) is 18.1. The molecule has 0 spiro atoms. The van der Waals surface area contributed by atoms with Crippen molar-refractivity contribution >= 4 is 102 Å². The maximum Gasteiger partial charge on any atom is 0.421 e. The zero-order chi connectivity index (χ0) is 42.3. The molecule has 8 rings (SSSR count). The lowest BCUT2D eigenvalue weighted by molar-refractivity contribution is -0.302. The van der Waals surface area contributed by atoms with E-state index in [0.717, 1.165) is 30.9 Å². The normalized spacial score (nSPS) is 17.1. The highest BCUT2D eigenvalue weighted by Gasteiger charge is 2.56. The van der Waals surface area contributed by atoms with Crippen molar-refractivity contribution in [1.29, 1.82) is 0 Å². The molecule has 0 aliphatic carbocycles. The standard InChI is InChI=1S/C42H40Cl4N8O5S/c1-58-54(59-2)40-37(39(36(41(54)55)34-30(43)7-4-8-31(34)44)47-27-13-11-26(12-14-27)25-51-19-6-20-51)38(35-32(45)9-5-10-33(35)46)49-42(50-40)48-28-15-17-29(18-16-28)52-21-23-53(24-22-52)60(3,56)57/h4-5,7-18H,6,19-25H2,1-3H3,(H-,47,48,49,50,55)/p+1. The van der Waals surface area contributed by atoms with Crippen LogP contribution >= 0.6 is 46.4 Å². The third-order valence-corrected chi connectivity index (χ3v) is 13.4. The van der Waals surface area contributed by atoms with Crippen molar-refractivity contribution in [2.75, 3.05) is 75.3 Å². The van der Waals surface area contributed by atoms with Crippen molar-refractivity contribution in [3.8, 4) is 11.3 Å². The van der Waals surface area contributed by atoms with E-state index >= 15 is 4.79 Å². The summed E-state index contributed by atoms with van der Waals surface area (Å²) in [6.45, 7) is 4.84. The van der Waals surface area contributed by atoms with Gasteiger partial charge in [0.1, 0.15) is 25.4 Å². The quantitative estimate of drug-likeness (QED) is 0.117. The van der Waals surface area contributed by atoms with E-state index in [2.05, 4.69) is 20.4 Å². The number of likely N-dealkylation sites (tertiary alicyclic amines) is 1. The van der Waals surface area contributed by atoms with Gasteiger partial charge in [0.2, 0.25) is 16.0 Å². The summed E-state index contributed by atoms with van der Waals surface area (Å²) in [6.07, 6.45) is 2.42. The van der Waals surface area contributed by atoms with Gasteiger partial charge in [-0.1, -0.05) is 70.7 Å². The smallest absolute Gasteiger partial charge is 0.369 e. The van der Waals surface area contributed by atoms with Gasteiger partial charge in [0.25, 0.3) is 0 Å². The Morgan fingerprint density at radius 1 is 0.700 bits per heavy atom. The van der Waals surface area contributed by atoms with E-state index in [1.807, 2.05) is 48.5 Å². The average molecular weight is 912 g/mol. The number of carbonyl (C=O) groups is 1. The van der Waals surface area contributed by atoms with Gasteiger partial charge >= 0.3 is 11.7 Å². The van der Waals surface area contributed by atoms with Crippen LogP contribution in [0.2, 0.25) is 20.1 Å². The van der Waals surface area contributed by atoms with Crippen LogP contribution in [-0.4, -0.2) is 93.2 Å². The maximum atomic E-state index is 15.2. The Morgan fingerprint density at radius 2 is 1.25 bits per heavy atom. The highest BCUT2D eigenvalue weighted by molar-refractivity contribution is 7.88. The van der Waals surface area contributed by atoms with E-state index in [1.165, 1.54) is 31.2 Å². The number of hydrogen-bond donors (Lipinski definition) is 2. The van der Waals surface area contributed by atoms with Gasteiger partial charge in [0.05, 0.1) is 42.5 Å². The number of sulfonamides is 1. The lowest BCUT2D eigenvalue weighted by Crippen LogP contribution is -2.55. The number of nitrogens with one attached hydrogen (secondary N) is 2. The van der Waals surface area contributed by atoms with Crippen molar-refractivity contribution in [2.24, 2.45) is 0 Å². The zero-order valence-corrected chi connectivity index (χ0v) is 36.7. The fraction of sp³-hybridized carbons (Fsp3) is 0.262. The van der Waals surface area contributed by atoms with Gasteiger partial charge in [0.15, 0.2) is 0 Å². The average Bonchev–Trinajstić information content (AvgIpc) is 3.21. The second-order valence-electron chi connectivity index (χ2n) is 14.5. The first-order valence-electron chi connectivity index (χ1n) is 19.1. The maximum absolute atomic E-state index is 15.2. The minimum absolute atomic E-state index is 0.0117. The van der Waals surface area contributed by atoms with E-state index in [9.17, 15) is 8.42 Å². The Hall–Kier alpha value is -4.32. The molecular formula is C42H41Cl4N8O5S+. The lowest BCUT2D eigenvalue weighted by atomic mass is 9.92. The van der Waals surface area contributed by atoms with Crippen molar-refractivity contribution < 1.29 is 22.9 Å². The molecule has 13 nitrogen and oxygen atoms in total. The first-order valence-corrected chi connectivity index (χ1v) is 22.4. The fourth-order valence-electron chi connectivity index (χ4n) is 7.63. The number of halogens is 4. The number of rotatable bonds is 12. The third-order valence-electron chi connectivity index (χ3n) is 10.9. The molecule has 4 heterocycles. The molecule has 0 saturated carbocycles. The molecule has 2 saturated heterocycles. The highest BCUT2D eigenvalue weighted by Crippen LogP contribution is 2.51. The molecule has 2 N–H and O–H groups in total. The van der Waals surface area contributed by atoms with Gasteiger partial charge in [0, 0.05) is 60.9 Å². The van der Waals surface area contributed by atoms with Gasteiger partial charge < -0.3 is 15.5 Å². The number of fused-ring (bicyclic) bond motifs is 1. The number of aromatic nitrogens is 2. The van der Waals surface area contributed by atoms with Crippen LogP contribution in [0, 0.1) is 0 Å². The van der Waals surface area contributed by atoms with E-state index in [-0.39, 0.29) is 59.9 Å². The van der Waals surface area contributed by atoms with Gasteiger partial charge in [-0.3, -0.25) is 4.90 Å². The molecule has 18 heteroatoms. The van der Waals surface area contributed by atoms with E-state index in [4.69, 9.17) is 66.0 Å². The van der Waals surface area contributed by atoms with Crippen LogP contribution < -0.4 is 20.3 Å². The molecule has 0 bridgehead atoms. The van der Waals surface area contributed by atoms with Gasteiger partial charge in [-0.25, -0.2) is 18.2 Å². The summed E-state index contributed by atoms with van der Waals surface area (Å²) in [6, 6.07) is 25.6. The van der Waals surface area contributed by atoms with Gasteiger partial charge in [-0.05, 0) is 85.7 Å². The Bertz CT molecular complexity index is 2560. The number of quaternary nitrogens is 1. The van der Waals surface area contributed by atoms with E-state index in [1.54, 1.807) is 36.4 Å². The number of hydroxylamine groups is 2. The highest BCUT2D eigenvalue weighted by atomic mass is 35.5. The number of benzene rings is 4. The Morgan fingerprint density at radius 3 is 1.78 bits per heavy atom. The molecule has 312 valence electrons. The third kappa shape index (κ3) is 8.09. The van der Waals surface area contributed by atoms with Crippen LogP contribution in [0.1, 0.15) is 23.1 Å². The predicted octanol–water partition coefficient (Wildman–Crippen LogP) is 8.74. The van der Waals surface area contributed by atoms with Crippen LogP contribution in [0.3, 0.4) is 0 Å². The summed E-state index contributed by atoms with van der Waals surface area (Å²) in [5.41, 5.74) is 4.79.